The molecule has 0 rings (SSSR count). The second-order valence-corrected chi connectivity index (χ2v) is 5.32. The summed E-state index contributed by atoms with van der Waals surface area (Å²) in [4.78, 5) is 26.0. The van der Waals surface area contributed by atoms with E-state index in [1.807, 2.05) is 0 Å². The first-order valence-corrected chi connectivity index (χ1v) is 6.09. The van der Waals surface area contributed by atoms with E-state index in [0.29, 0.717) is 12.8 Å². The van der Waals surface area contributed by atoms with Gasteiger partial charge in [0.2, 0.25) is 11.8 Å². The van der Waals surface area contributed by atoms with Crippen LogP contribution in [0.3, 0.4) is 0 Å². The minimum atomic E-state index is -0.361. The number of amides is 2. The first-order chi connectivity index (χ1) is 7.27. The van der Waals surface area contributed by atoms with Crippen LogP contribution in [0.2, 0.25) is 0 Å². The zero-order valence-electron chi connectivity index (χ0n) is 10.2. The van der Waals surface area contributed by atoms with Gasteiger partial charge in [-0.2, -0.15) is 25.3 Å². The predicted octanol–water partition coefficient (Wildman–Crippen LogP) is 0.540. The van der Waals surface area contributed by atoms with Crippen LogP contribution in [0.25, 0.3) is 0 Å². The third kappa shape index (κ3) is 5.12. The van der Waals surface area contributed by atoms with Gasteiger partial charge in [0.25, 0.3) is 0 Å². The summed E-state index contributed by atoms with van der Waals surface area (Å²) in [6.07, 6.45) is 1.10. The maximum absolute atomic E-state index is 11.5. The van der Waals surface area contributed by atoms with Crippen molar-refractivity contribution in [2.45, 2.75) is 23.3 Å². The Morgan fingerprint density at radius 3 is 1.31 bits per heavy atom. The molecule has 0 fully saturated rings. The average Bonchev–Trinajstić information content (AvgIpc) is 2.22. The second kappa shape index (κ2) is 7.06. The van der Waals surface area contributed by atoms with Gasteiger partial charge in [-0.05, 0) is 12.8 Å². The molecule has 0 saturated carbocycles. The Morgan fingerprint density at radius 2 is 1.12 bits per heavy atom. The quantitative estimate of drug-likeness (QED) is 0.712. The molecule has 0 bridgehead atoms. The molecule has 0 spiro atoms. The molecule has 0 radical (unpaired) electrons. The summed E-state index contributed by atoms with van der Waals surface area (Å²) >= 11 is 8.42. The molecule has 2 atom stereocenters. The van der Waals surface area contributed by atoms with Crippen molar-refractivity contribution >= 4 is 37.1 Å². The lowest BCUT2D eigenvalue weighted by Crippen LogP contribution is -2.33. The number of carbonyl (C=O) groups excluding carboxylic acids is 2. The molecule has 0 aromatic carbocycles. The molecule has 0 aromatic rings. The molecule has 6 heteroatoms. The van der Waals surface area contributed by atoms with E-state index in [9.17, 15) is 9.59 Å². The van der Waals surface area contributed by atoms with Crippen LogP contribution in [0.4, 0.5) is 0 Å². The van der Waals surface area contributed by atoms with Crippen molar-refractivity contribution in [1.29, 1.82) is 0 Å². The van der Waals surface area contributed by atoms with Crippen LogP contribution in [-0.2, 0) is 9.59 Å². The highest BCUT2D eigenvalue weighted by Gasteiger charge is 2.20. The minimum absolute atomic E-state index is 0.0406. The van der Waals surface area contributed by atoms with Crippen molar-refractivity contribution in [2.75, 3.05) is 28.2 Å². The van der Waals surface area contributed by atoms with E-state index in [1.165, 1.54) is 9.80 Å². The van der Waals surface area contributed by atoms with Crippen molar-refractivity contribution in [3.05, 3.63) is 0 Å². The van der Waals surface area contributed by atoms with Gasteiger partial charge in [0, 0.05) is 28.2 Å². The molecule has 0 aliphatic carbocycles. The summed E-state index contributed by atoms with van der Waals surface area (Å²) in [7, 11) is 6.76. The highest BCUT2D eigenvalue weighted by atomic mass is 32.1. The smallest absolute Gasteiger partial charge is 0.234 e. The van der Waals surface area contributed by atoms with E-state index >= 15 is 0 Å². The topological polar surface area (TPSA) is 40.6 Å². The summed E-state index contributed by atoms with van der Waals surface area (Å²) in [5.41, 5.74) is 0. The summed E-state index contributed by atoms with van der Waals surface area (Å²) in [6, 6.07) is 0. The summed E-state index contributed by atoms with van der Waals surface area (Å²) in [6.45, 7) is 0. The fourth-order valence-corrected chi connectivity index (χ4v) is 1.92. The van der Waals surface area contributed by atoms with E-state index in [0.717, 1.165) is 0 Å². The highest BCUT2D eigenvalue weighted by Crippen LogP contribution is 2.14. The van der Waals surface area contributed by atoms with Crippen LogP contribution < -0.4 is 0 Å². The maximum Gasteiger partial charge on any atom is 0.234 e. The Balaban J connectivity index is 4.06. The lowest BCUT2D eigenvalue weighted by Gasteiger charge is -2.19. The van der Waals surface area contributed by atoms with Crippen molar-refractivity contribution in [1.82, 2.24) is 9.80 Å². The first-order valence-electron chi connectivity index (χ1n) is 5.05. The molecule has 4 nitrogen and oxygen atoms in total. The number of hydrogen-bond acceptors (Lipinski definition) is 4. The van der Waals surface area contributed by atoms with Gasteiger partial charge in [-0.3, -0.25) is 9.59 Å². The van der Waals surface area contributed by atoms with Crippen LogP contribution in [0.15, 0.2) is 0 Å². The van der Waals surface area contributed by atoms with Crippen molar-refractivity contribution in [3.63, 3.8) is 0 Å². The molecule has 0 aromatic heterocycles. The summed E-state index contributed by atoms with van der Waals surface area (Å²) in [5, 5.41) is -0.723. The Labute approximate surface area is 108 Å². The van der Waals surface area contributed by atoms with Crippen molar-refractivity contribution in [2.24, 2.45) is 0 Å². The van der Waals surface area contributed by atoms with Crippen LogP contribution >= 0.6 is 25.3 Å². The summed E-state index contributed by atoms with van der Waals surface area (Å²) < 4.78 is 0. The maximum atomic E-state index is 11.5. The van der Waals surface area contributed by atoms with Crippen LogP contribution in [-0.4, -0.2) is 60.3 Å². The SMILES string of the molecule is CN(C)C(=O)[C@H](S)CC[C@H](S)C(=O)N(C)C. The molecule has 16 heavy (non-hydrogen) atoms. The van der Waals surface area contributed by atoms with Gasteiger partial charge in [0.1, 0.15) is 0 Å². The van der Waals surface area contributed by atoms with Gasteiger partial charge in [-0.15, -0.1) is 0 Å². The zero-order chi connectivity index (χ0) is 12.9. The number of nitrogens with zero attached hydrogens (tertiary/aromatic N) is 2. The van der Waals surface area contributed by atoms with E-state index in [-0.39, 0.29) is 22.3 Å². The molecule has 0 aliphatic rings. The van der Waals surface area contributed by atoms with Gasteiger partial charge >= 0.3 is 0 Å². The fourth-order valence-electron chi connectivity index (χ4n) is 1.16. The van der Waals surface area contributed by atoms with E-state index < -0.39 is 0 Å². The van der Waals surface area contributed by atoms with Gasteiger partial charge in [0.15, 0.2) is 0 Å². The Kier molecular flexibility index (Phi) is 6.90. The molecule has 94 valence electrons. The zero-order valence-corrected chi connectivity index (χ0v) is 12.0. The second-order valence-electron chi connectivity index (χ2n) is 4.07. The Hall–Kier alpha value is -0.360. The largest absolute Gasteiger partial charge is 0.348 e. The molecule has 0 heterocycles. The van der Waals surface area contributed by atoms with Gasteiger partial charge in [-0.25, -0.2) is 0 Å². The van der Waals surface area contributed by atoms with Crippen molar-refractivity contribution in [3.8, 4) is 0 Å². The monoisotopic (exact) mass is 264 g/mol. The fraction of sp³-hybridized carbons (Fsp3) is 0.800. The molecule has 2 amide bonds. The predicted molar refractivity (Wildman–Crippen MR) is 72.2 cm³/mol. The first kappa shape index (κ1) is 15.6. The molecular formula is C10H20N2O2S2. The number of hydrogen-bond donors (Lipinski definition) is 2. The van der Waals surface area contributed by atoms with Crippen LogP contribution in [0.5, 0.6) is 0 Å². The van der Waals surface area contributed by atoms with Crippen LogP contribution in [0, 0.1) is 0 Å². The van der Waals surface area contributed by atoms with Crippen molar-refractivity contribution < 1.29 is 9.59 Å². The highest BCUT2D eigenvalue weighted by molar-refractivity contribution is 7.82. The number of thiol groups is 2. The molecule has 0 N–H and O–H groups in total. The third-order valence-corrected chi connectivity index (χ3v) is 3.12. The standard InChI is InChI=1S/C10H20N2O2S2/c1-11(2)9(13)7(15)5-6-8(16)10(14)12(3)4/h7-8,15-16H,5-6H2,1-4H3/t7-,8+. The lowest BCUT2D eigenvalue weighted by atomic mass is 10.1. The van der Waals surface area contributed by atoms with Crippen LogP contribution in [0.1, 0.15) is 12.8 Å². The average molecular weight is 264 g/mol. The number of carbonyl (C=O) groups is 2. The van der Waals surface area contributed by atoms with Gasteiger partial charge in [0.05, 0.1) is 10.5 Å². The number of rotatable bonds is 5. The summed E-state index contributed by atoms with van der Waals surface area (Å²) in [5.74, 6) is -0.0812. The van der Waals surface area contributed by atoms with Gasteiger partial charge < -0.3 is 9.80 Å². The molecule has 0 saturated heterocycles. The minimum Gasteiger partial charge on any atom is -0.348 e. The van der Waals surface area contributed by atoms with E-state index in [2.05, 4.69) is 25.3 Å². The molecule has 0 unspecified atom stereocenters. The lowest BCUT2D eigenvalue weighted by molar-refractivity contribution is -0.129. The third-order valence-electron chi connectivity index (χ3n) is 2.17. The Bertz CT molecular complexity index is 231. The normalized spacial score (nSPS) is 14.1. The van der Waals surface area contributed by atoms with Gasteiger partial charge in [-0.1, -0.05) is 0 Å². The molecular weight excluding hydrogens is 244 g/mol. The van der Waals surface area contributed by atoms with E-state index in [4.69, 9.17) is 0 Å². The molecule has 0 aliphatic heterocycles. The van der Waals surface area contributed by atoms with E-state index in [1.54, 1.807) is 28.2 Å². The Morgan fingerprint density at radius 1 is 0.875 bits per heavy atom.